The Labute approximate surface area is 168 Å². The van der Waals surface area contributed by atoms with E-state index in [2.05, 4.69) is 20.6 Å². The van der Waals surface area contributed by atoms with Crippen LogP contribution in [0.2, 0.25) is 0 Å². The van der Waals surface area contributed by atoms with E-state index in [0.29, 0.717) is 12.5 Å². The number of rotatable bonds is 7. The van der Waals surface area contributed by atoms with Crippen LogP contribution in [0.15, 0.2) is 41.7 Å². The molecule has 9 heteroatoms. The molecule has 1 aromatic carbocycles. The van der Waals surface area contributed by atoms with Gasteiger partial charge in [-0.3, -0.25) is 4.99 Å². The summed E-state index contributed by atoms with van der Waals surface area (Å²) in [6.45, 7) is 6.13. The first-order valence-electron chi connectivity index (χ1n) is 9.47. The number of benzene rings is 1. The third kappa shape index (κ3) is 5.29. The van der Waals surface area contributed by atoms with Crippen molar-refractivity contribution in [3.8, 4) is 0 Å². The molecule has 2 aromatic rings. The lowest BCUT2D eigenvalue weighted by Gasteiger charge is -2.29. The second-order valence-corrected chi connectivity index (χ2v) is 6.95. The molecule has 0 aliphatic rings. The van der Waals surface area contributed by atoms with Gasteiger partial charge in [0.25, 0.3) is 0 Å². The summed E-state index contributed by atoms with van der Waals surface area (Å²) in [6, 6.07) is 7.76. The van der Waals surface area contributed by atoms with Crippen molar-refractivity contribution in [3.05, 3.63) is 53.6 Å². The molecule has 1 heterocycles. The summed E-state index contributed by atoms with van der Waals surface area (Å²) < 4.78 is 42.0. The maximum Gasteiger partial charge on any atom is 0.424 e. The van der Waals surface area contributed by atoms with Crippen LogP contribution in [-0.4, -0.2) is 39.9 Å². The van der Waals surface area contributed by atoms with Gasteiger partial charge in [0.05, 0.1) is 6.04 Å². The van der Waals surface area contributed by atoms with Crippen LogP contribution in [-0.2, 0) is 12.6 Å². The van der Waals surface area contributed by atoms with Crippen LogP contribution in [0, 0.1) is 6.92 Å². The Hall–Kier alpha value is -2.55. The van der Waals surface area contributed by atoms with Gasteiger partial charge in [-0.05, 0) is 31.9 Å². The van der Waals surface area contributed by atoms with Crippen LogP contribution in [0.1, 0.15) is 43.3 Å². The van der Waals surface area contributed by atoms with Gasteiger partial charge in [0.15, 0.2) is 5.96 Å². The normalized spacial score (nSPS) is 15.7. The Bertz CT molecular complexity index is 834. The van der Waals surface area contributed by atoms with Crippen molar-refractivity contribution in [2.75, 3.05) is 13.1 Å². The molecule has 160 valence electrons. The molecule has 0 spiro atoms. The highest BCUT2D eigenvalue weighted by Gasteiger charge is 2.57. The number of imidazole rings is 1. The summed E-state index contributed by atoms with van der Waals surface area (Å²) in [4.78, 5) is 7.94. The van der Waals surface area contributed by atoms with Crippen LogP contribution in [0.5, 0.6) is 0 Å². The minimum atomic E-state index is -4.87. The molecule has 0 fully saturated rings. The van der Waals surface area contributed by atoms with E-state index in [-0.39, 0.29) is 12.6 Å². The fraction of sp³-hybridized carbons (Fsp3) is 0.500. The average Bonchev–Trinajstić information content (AvgIpc) is 3.07. The first-order chi connectivity index (χ1) is 13.6. The fourth-order valence-corrected chi connectivity index (χ4v) is 3.15. The third-order valence-corrected chi connectivity index (χ3v) is 4.76. The zero-order valence-electron chi connectivity index (χ0n) is 17.1. The number of aliphatic imine (C=N–C) groups is 1. The lowest BCUT2D eigenvalue weighted by Crippen LogP contribution is -2.45. The fourth-order valence-electron chi connectivity index (χ4n) is 3.15. The van der Waals surface area contributed by atoms with Gasteiger partial charge in [0.1, 0.15) is 5.82 Å². The van der Waals surface area contributed by atoms with Gasteiger partial charge in [-0.2, -0.15) is 13.2 Å². The molecule has 0 aliphatic carbocycles. The van der Waals surface area contributed by atoms with Gasteiger partial charge < -0.3 is 20.3 Å². The first kappa shape index (κ1) is 22.7. The molecule has 0 amide bonds. The zero-order valence-corrected chi connectivity index (χ0v) is 17.1. The van der Waals surface area contributed by atoms with E-state index in [1.165, 1.54) is 24.0 Å². The number of hydrogen-bond donors (Lipinski definition) is 3. The van der Waals surface area contributed by atoms with Gasteiger partial charge in [0.2, 0.25) is 5.60 Å². The molecule has 0 radical (unpaired) electrons. The monoisotopic (exact) mass is 411 g/mol. The standard InChI is InChI=1S/C20H28F3N5O/c1-5-24-18(27-15(3)16-9-7-6-8-14(16)2)26-11-10-19(29,20(21,22)23)17-25-12-13-28(17)4/h6-9,12-13,15,29H,5,10-11H2,1-4H3,(H2,24,26,27). The number of alkyl halides is 3. The topological polar surface area (TPSA) is 74.5 Å². The molecule has 2 atom stereocenters. The highest BCUT2D eigenvalue weighted by Crippen LogP contribution is 2.40. The molecule has 1 aromatic heterocycles. The van der Waals surface area contributed by atoms with Crippen molar-refractivity contribution in [2.45, 2.75) is 45.0 Å². The van der Waals surface area contributed by atoms with Crippen molar-refractivity contribution in [1.82, 2.24) is 20.2 Å². The maximum atomic E-state index is 13.6. The van der Waals surface area contributed by atoms with Crippen molar-refractivity contribution in [3.63, 3.8) is 0 Å². The van der Waals surface area contributed by atoms with Gasteiger partial charge in [0, 0.05) is 39.0 Å². The Morgan fingerprint density at radius 1 is 1.31 bits per heavy atom. The molecule has 0 bridgehead atoms. The predicted molar refractivity (Wildman–Crippen MR) is 106 cm³/mol. The number of nitrogens with one attached hydrogen (secondary N) is 2. The summed E-state index contributed by atoms with van der Waals surface area (Å²) in [5.41, 5.74) is -0.907. The van der Waals surface area contributed by atoms with Gasteiger partial charge in [-0.1, -0.05) is 24.3 Å². The second kappa shape index (κ2) is 9.30. The minimum absolute atomic E-state index is 0.0926. The number of halogens is 3. The van der Waals surface area contributed by atoms with Crippen LogP contribution in [0.25, 0.3) is 0 Å². The molecule has 0 saturated heterocycles. The summed E-state index contributed by atoms with van der Waals surface area (Å²) >= 11 is 0. The van der Waals surface area contributed by atoms with Crippen LogP contribution >= 0.6 is 0 Å². The highest BCUT2D eigenvalue weighted by molar-refractivity contribution is 5.80. The summed E-state index contributed by atoms with van der Waals surface area (Å²) in [5, 5.41) is 16.6. The number of guanidine groups is 1. The van der Waals surface area contributed by atoms with Crippen molar-refractivity contribution >= 4 is 5.96 Å². The summed E-state index contributed by atoms with van der Waals surface area (Å²) in [7, 11) is 1.41. The molecular formula is C20H28F3N5O. The van der Waals surface area contributed by atoms with E-state index in [1.807, 2.05) is 45.0 Å². The summed E-state index contributed by atoms with van der Waals surface area (Å²) in [6.07, 6.45) is -2.92. The van der Waals surface area contributed by atoms with Crippen molar-refractivity contribution in [1.29, 1.82) is 0 Å². The van der Waals surface area contributed by atoms with Crippen molar-refractivity contribution < 1.29 is 18.3 Å². The van der Waals surface area contributed by atoms with Gasteiger partial charge in [-0.15, -0.1) is 0 Å². The molecule has 6 nitrogen and oxygen atoms in total. The Morgan fingerprint density at radius 3 is 2.55 bits per heavy atom. The van der Waals surface area contributed by atoms with E-state index < -0.39 is 24.0 Å². The zero-order chi connectivity index (χ0) is 21.7. The SMILES string of the molecule is CCNC(=NCCC(O)(c1nccn1C)C(F)(F)F)NC(C)c1ccccc1C. The Balaban J connectivity index is 2.16. The van der Waals surface area contributed by atoms with E-state index in [9.17, 15) is 18.3 Å². The lowest BCUT2D eigenvalue weighted by atomic mass is 9.98. The van der Waals surface area contributed by atoms with E-state index in [4.69, 9.17) is 0 Å². The molecule has 0 aliphatic heterocycles. The van der Waals surface area contributed by atoms with E-state index >= 15 is 0 Å². The van der Waals surface area contributed by atoms with Crippen molar-refractivity contribution in [2.24, 2.45) is 12.0 Å². The van der Waals surface area contributed by atoms with Crippen LogP contribution in [0.4, 0.5) is 13.2 Å². The van der Waals surface area contributed by atoms with Crippen LogP contribution < -0.4 is 10.6 Å². The summed E-state index contributed by atoms with van der Waals surface area (Å²) in [5.74, 6) is -0.0703. The first-order valence-corrected chi connectivity index (χ1v) is 9.47. The molecule has 29 heavy (non-hydrogen) atoms. The number of nitrogens with zero attached hydrogens (tertiary/aromatic N) is 3. The molecular weight excluding hydrogens is 383 g/mol. The molecule has 2 unspecified atom stereocenters. The van der Waals surface area contributed by atoms with E-state index in [0.717, 1.165) is 11.1 Å². The number of hydrogen-bond acceptors (Lipinski definition) is 3. The number of aryl methyl sites for hydroxylation is 2. The van der Waals surface area contributed by atoms with E-state index in [1.54, 1.807) is 0 Å². The smallest absolute Gasteiger partial charge is 0.374 e. The average molecular weight is 411 g/mol. The minimum Gasteiger partial charge on any atom is -0.374 e. The molecule has 3 N–H and O–H groups in total. The largest absolute Gasteiger partial charge is 0.424 e. The second-order valence-electron chi connectivity index (χ2n) is 6.95. The molecule has 0 saturated carbocycles. The molecule has 2 rings (SSSR count). The lowest BCUT2D eigenvalue weighted by molar-refractivity contribution is -0.272. The maximum absolute atomic E-state index is 13.6. The number of aromatic nitrogens is 2. The van der Waals surface area contributed by atoms with Gasteiger partial charge >= 0.3 is 6.18 Å². The predicted octanol–water partition coefficient (Wildman–Crippen LogP) is 3.18. The number of aliphatic hydroxyl groups is 1. The quantitative estimate of drug-likeness (QED) is 0.483. The third-order valence-electron chi connectivity index (χ3n) is 4.76. The Morgan fingerprint density at radius 2 is 2.00 bits per heavy atom. The van der Waals surface area contributed by atoms with Crippen LogP contribution in [0.3, 0.4) is 0 Å². The Kier molecular flexibility index (Phi) is 7.29. The highest BCUT2D eigenvalue weighted by atomic mass is 19.4. The van der Waals surface area contributed by atoms with Gasteiger partial charge in [-0.25, -0.2) is 4.98 Å².